The minimum Gasteiger partial charge on any atom is -0.497 e. The van der Waals surface area contributed by atoms with Crippen LogP contribution in [0.25, 0.3) is 21.5 Å². The van der Waals surface area contributed by atoms with E-state index in [-0.39, 0.29) is 6.61 Å². The lowest BCUT2D eigenvalue weighted by Crippen LogP contribution is -2.07. The third-order valence-electron chi connectivity index (χ3n) is 6.09. The number of aliphatic hydroxyl groups is 1. The van der Waals surface area contributed by atoms with E-state index in [0.29, 0.717) is 5.92 Å². The van der Waals surface area contributed by atoms with Gasteiger partial charge in [0.25, 0.3) is 0 Å². The molecular weight excluding hydrogens is 356 g/mol. The summed E-state index contributed by atoms with van der Waals surface area (Å²) in [5.41, 5.74) is 4.50. The number of ether oxygens (including phenoxy) is 1. The van der Waals surface area contributed by atoms with Crippen LogP contribution in [0.1, 0.15) is 48.8 Å². The van der Waals surface area contributed by atoms with E-state index < -0.39 is 0 Å². The van der Waals surface area contributed by atoms with Gasteiger partial charge < -0.3 is 9.84 Å². The Labute approximate surface area is 173 Å². The Kier molecular flexibility index (Phi) is 6.31. The lowest BCUT2D eigenvalue weighted by Gasteiger charge is -2.25. The van der Waals surface area contributed by atoms with Gasteiger partial charge >= 0.3 is 0 Å². The van der Waals surface area contributed by atoms with Gasteiger partial charge in [0.05, 0.1) is 6.26 Å². The maximum Gasteiger partial charge on any atom is 0.106 e. The summed E-state index contributed by atoms with van der Waals surface area (Å²) < 4.78 is 4.80. The number of aliphatic hydroxyl groups excluding tert-OH is 1. The van der Waals surface area contributed by atoms with Crippen molar-refractivity contribution in [3.63, 3.8) is 0 Å². The molecular formula is C27H30O2. The van der Waals surface area contributed by atoms with E-state index in [9.17, 15) is 5.11 Å². The van der Waals surface area contributed by atoms with Crippen molar-refractivity contribution in [2.24, 2.45) is 0 Å². The van der Waals surface area contributed by atoms with Crippen molar-refractivity contribution in [3.05, 3.63) is 83.6 Å². The Morgan fingerprint density at radius 3 is 2.52 bits per heavy atom. The molecule has 2 nitrogen and oxygen atoms in total. The van der Waals surface area contributed by atoms with Crippen LogP contribution in [-0.2, 0) is 17.6 Å². The molecule has 3 aromatic carbocycles. The summed E-state index contributed by atoms with van der Waals surface area (Å²) in [4.78, 5) is 0. The predicted octanol–water partition coefficient (Wildman–Crippen LogP) is 6.44. The zero-order valence-corrected chi connectivity index (χ0v) is 17.2. The Hall–Kier alpha value is -2.58. The van der Waals surface area contributed by atoms with E-state index in [4.69, 9.17) is 4.74 Å². The van der Waals surface area contributed by atoms with Gasteiger partial charge in [0.15, 0.2) is 0 Å². The summed E-state index contributed by atoms with van der Waals surface area (Å²) in [6, 6.07) is 15.8. The van der Waals surface area contributed by atoms with Crippen LogP contribution in [-0.4, -0.2) is 18.3 Å². The van der Waals surface area contributed by atoms with Crippen LogP contribution >= 0.6 is 0 Å². The Bertz CT molecular complexity index is 1030. The molecule has 3 aromatic rings. The summed E-state index contributed by atoms with van der Waals surface area (Å²) in [6.45, 7) is 3.35. The molecule has 1 aliphatic carbocycles. The van der Waals surface area contributed by atoms with Crippen LogP contribution in [0.3, 0.4) is 0 Å². The van der Waals surface area contributed by atoms with E-state index in [1.165, 1.54) is 46.4 Å². The normalized spacial score (nSPS) is 17.5. The molecule has 29 heavy (non-hydrogen) atoms. The number of rotatable bonds is 3. The molecule has 0 saturated carbocycles. The zero-order valence-electron chi connectivity index (χ0n) is 17.2. The van der Waals surface area contributed by atoms with Crippen molar-refractivity contribution < 1.29 is 9.84 Å². The number of hydrogen-bond acceptors (Lipinski definition) is 2. The smallest absolute Gasteiger partial charge is 0.106 e. The van der Waals surface area contributed by atoms with Gasteiger partial charge in [-0.05, 0) is 88.4 Å². The van der Waals surface area contributed by atoms with Crippen molar-refractivity contribution in [3.8, 4) is 0 Å². The average Bonchev–Trinajstić information content (AvgIpc) is 2.79. The molecule has 150 valence electrons. The molecule has 0 bridgehead atoms. The molecule has 0 saturated heterocycles. The third-order valence-corrected chi connectivity index (χ3v) is 6.09. The second kappa shape index (κ2) is 9.28. The first-order chi connectivity index (χ1) is 14.3. The number of allylic oxidation sites excluding steroid dienone is 2. The first kappa shape index (κ1) is 19.7. The number of hydrogen-bond donors (Lipinski definition) is 1. The van der Waals surface area contributed by atoms with Gasteiger partial charge in [-0.2, -0.15) is 0 Å². The summed E-state index contributed by atoms with van der Waals surface area (Å²) in [6.07, 6.45) is 13.1. The lowest BCUT2D eigenvalue weighted by molar-refractivity contribution is 0.286. The van der Waals surface area contributed by atoms with E-state index in [2.05, 4.69) is 49.4 Å². The molecule has 1 N–H and O–H groups in total. The summed E-state index contributed by atoms with van der Waals surface area (Å²) in [7, 11) is 0. The molecule has 0 fully saturated rings. The highest BCUT2D eigenvalue weighted by atomic mass is 16.5. The van der Waals surface area contributed by atoms with Gasteiger partial charge in [0.2, 0.25) is 0 Å². The predicted molar refractivity (Wildman–Crippen MR) is 122 cm³/mol. The molecule has 0 amide bonds. The highest BCUT2D eigenvalue weighted by molar-refractivity contribution is 6.10. The Morgan fingerprint density at radius 1 is 1.00 bits per heavy atom. The largest absolute Gasteiger partial charge is 0.497 e. The van der Waals surface area contributed by atoms with Crippen LogP contribution in [0.15, 0.2) is 67.0 Å². The van der Waals surface area contributed by atoms with Gasteiger partial charge in [-0.25, -0.2) is 0 Å². The van der Waals surface area contributed by atoms with Gasteiger partial charge in [0, 0.05) is 6.61 Å². The van der Waals surface area contributed by atoms with E-state index >= 15 is 0 Å². The molecule has 2 heteroatoms. The highest BCUT2D eigenvalue weighted by Gasteiger charge is 2.19. The maximum atomic E-state index is 9.24. The average molecular weight is 387 g/mol. The third kappa shape index (κ3) is 4.23. The van der Waals surface area contributed by atoms with Crippen LogP contribution in [0.4, 0.5) is 0 Å². The van der Waals surface area contributed by atoms with E-state index in [1.807, 2.05) is 18.2 Å². The quantitative estimate of drug-likeness (QED) is 0.525. The second-order valence-electron chi connectivity index (χ2n) is 8.02. The number of aryl methyl sites for hydroxylation is 2. The van der Waals surface area contributed by atoms with E-state index in [0.717, 1.165) is 19.4 Å². The van der Waals surface area contributed by atoms with Gasteiger partial charge in [0.1, 0.15) is 6.61 Å². The molecule has 0 spiro atoms. The second-order valence-corrected chi connectivity index (χ2v) is 8.02. The van der Waals surface area contributed by atoms with E-state index in [1.54, 1.807) is 17.4 Å². The Morgan fingerprint density at radius 2 is 1.83 bits per heavy atom. The monoisotopic (exact) mass is 386 g/mol. The van der Waals surface area contributed by atoms with Crippen LogP contribution in [0, 0.1) is 0 Å². The molecule has 2 aliphatic rings. The fourth-order valence-electron chi connectivity index (χ4n) is 4.63. The molecule has 1 aliphatic heterocycles. The fraction of sp³-hybridized carbons (Fsp3) is 0.333. The summed E-state index contributed by atoms with van der Waals surface area (Å²) in [5.74, 6) is 0.676. The minimum atomic E-state index is 0.260. The van der Waals surface area contributed by atoms with Crippen molar-refractivity contribution in [2.75, 3.05) is 13.2 Å². The maximum absolute atomic E-state index is 9.24. The van der Waals surface area contributed by atoms with Crippen molar-refractivity contribution in [1.82, 2.24) is 0 Å². The Balaban J connectivity index is 0.000000294. The molecule has 1 unspecified atom stereocenters. The zero-order chi connectivity index (χ0) is 20.1. The standard InChI is InChI=1S/C22H24O.C5H6O/c1-15-6-4-10-19-17(15)11-12-21-20-9-3-2-8-18(20)16(7-5-13-23)14-22(19)21;1-2-4-6-5-3-1/h2-3,8-9,11-12,14-15,23H,4-7,10,13H2,1H3;1-4H,5H2. The van der Waals surface area contributed by atoms with Crippen molar-refractivity contribution in [1.29, 1.82) is 0 Å². The van der Waals surface area contributed by atoms with Gasteiger partial charge in [-0.15, -0.1) is 0 Å². The van der Waals surface area contributed by atoms with Gasteiger partial charge in [-0.3, -0.25) is 0 Å². The van der Waals surface area contributed by atoms with Crippen molar-refractivity contribution in [2.45, 2.75) is 44.9 Å². The van der Waals surface area contributed by atoms with Gasteiger partial charge in [-0.1, -0.05) is 55.5 Å². The first-order valence-electron chi connectivity index (χ1n) is 10.8. The number of benzene rings is 3. The molecule has 0 radical (unpaired) electrons. The first-order valence-corrected chi connectivity index (χ1v) is 10.8. The van der Waals surface area contributed by atoms with Crippen LogP contribution < -0.4 is 0 Å². The minimum absolute atomic E-state index is 0.260. The fourth-order valence-corrected chi connectivity index (χ4v) is 4.63. The lowest BCUT2D eigenvalue weighted by atomic mass is 9.80. The highest BCUT2D eigenvalue weighted by Crippen LogP contribution is 2.39. The topological polar surface area (TPSA) is 29.5 Å². The molecule has 1 atom stereocenters. The SMILES string of the molecule is C1=CCOC=C1.CC1CCCc2c1ccc1c2cc(CCCO)c2ccccc21. The molecule has 1 heterocycles. The van der Waals surface area contributed by atoms with Crippen LogP contribution in [0.2, 0.25) is 0 Å². The van der Waals surface area contributed by atoms with Crippen LogP contribution in [0.5, 0.6) is 0 Å². The number of fused-ring (bicyclic) bond motifs is 5. The molecule has 0 aromatic heterocycles. The van der Waals surface area contributed by atoms with Crippen molar-refractivity contribution >= 4 is 21.5 Å². The summed E-state index contributed by atoms with van der Waals surface area (Å²) in [5, 5.41) is 14.8. The summed E-state index contributed by atoms with van der Waals surface area (Å²) >= 11 is 0. The molecule has 5 rings (SSSR count).